The number of rotatable bonds is 6. The molecule has 166 valence electrons. The van der Waals surface area contributed by atoms with Gasteiger partial charge in [0.1, 0.15) is 5.75 Å². The van der Waals surface area contributed by atoms with Crippen LogP contribution in [0.5, 0.6) is 5.75 Å². The Morgan fingerprint density at radius 2 is 1.65 bits per heavy atom. The largest absolute Gasteiger partial charge is 0.497 e. The van der Waals surface area contributed by atoms with E-state index in [1.165, 1.54) is 5.57 Å². The number of methoxy groups -OCH3 is 1. The number of hydrogen-bond donors (Lipinski definition) is 0. The Labute approximate surface area is 183 Å². The highest BCUT2D eigenvalue weighted by Crippen LogP contribution is 2.60. The molecule has 3 heterocycles. The molecule has 4 rings (SSSR count). The predicted molar refractivity (Wildman–Crippen MR) is 115 cm³/mol. The molecule has 0 unspecified atom stereocenters. The first-order valence-corrected chi connectivity index (χ1v) is 10.8. The Balaban J connectivity index is 1.90. The lowest BCUT2D eigenvalue weighted by atomic mass is 9.77. The van der Waals surface area contributed by atoms with Crippen LogP contribution in [0.1, 0.15) is 52.6 Å². The molecular weight excluding hydrogens is 396 g/mol. The molecule has 0 saturated carbocycles. The number of hydrazine groups is 1. The molecule has 2 atom stereocenters. The van der Waals surface area contributed by atoms with Gasteiger partial charge in [0.25, 0.3) is 0 Å². The molecule has 1 saturated heterocycles. The average Bonchev–Trinajstić information content (AvgIpc) is 3.35. The maximum atomic E-state index is 13.2. The van der Waals surface area contributed by atoms with Crippen LogP contribution in [0.25, 0.3) is 0 Å². The van der Waals surface area contributed by atoms with E-state index in [0.717, 1.165) is 23.4 Å². The van der Waals surface area contributed by atoms with Crippen LogP contribution < -0.4 is 4.74 Å². The Hall–Kier alpha value is -2.96. The summed E-state index contributed by atoms with van der Waals surface area (Å²) in [6.45, 7) is 10.4. The summed E-state index contributed by atoms with van der Waals surface area (Å²) in [5.74, 6) is -0.180. The van der Waals surface area contributed by atoms with Gasteiger partial charge in [0.2, 0.25) is 0 Å². The first-order valence-electron chi connectivity index (χ1n) is 10.8. The van der Waals surface area contributed by atoms with E-state index in [4.69, 9.17) is 14.2 Å². The topological polar surface area (TPSA) is 68.3 Å². The zero-order valence-corrected chi connectivity index (χ0v) is 19.0. The molecule has 0 aliphatic carbocycles. The van der Waals surface area contributed by atoms with Crippen molar-refractivity contribution >= 4 is 11.9 Å². The van der Waals surface area contributed by atoms with E-state index in [1.807, 2.05) is 29.3 Å². The quantitative estimate of drug-likeness (QED) is 0.642. The number of ether oxygens (including phenoxy) is 3. The maximum Gasteiger partial charge on any atom is 0.357 e. The zero-order chi connectivity index (χ0) is 22.5. The average molecular weight is 427 g/mol. The molecule has 1 aromatic carbocycles. The SMILES string of the molecule is CCOC(=O)C1=C(C(=O)OCC)N2[C@@H](c3ccc(OC)cc3)CC3=C(C)C(C)(C)[C@@H]1N32. The zero-order valence-electron chi connectivity index (χ0n) is 19.0. The molecule has 31 heavy (non-hydrogen) atoms. The summed E-state index contributed by atoms with van der Waals surface area (Å²) in [4.78, 5) is 26.3. The molecular formula is C24H30N2O5. The molecule has 0 amide bonds. The third-order valence-electron chi connectivity index (χ3n) is 6.74. The Morgan fingerprint density at radius 1 is 1.03 bits per heavy atom. The number of benzene rings is 1. The summed E-state index contributed by atoms with van der Waals surface area (Å²) < 4.78 is 16.1. The van der Waals surface area contributed by atoms with E-state index in [2.05, 4.69) is 25.8 Å². The first kappa shape index (κ1) is 21.3. The summed E-state index contributed by atoms with van der Waals surface area (Å²) >= 11 is 0. The van der Waals surface area contributed by atoms with Crippen molar-refractivity contribution in [1.29, 1.82) is 0 Å². The van der Waals surface area contributed by atoms with Crippen LogP contribution in [0.3, 0.4) is 0 Å². The minimum Gasteiger partial charge on any atom is -0.497 e. The normalized spacial score (nSPS) is 23.4. The smallest absolute Gasteiger partial charge is 0.357 e. The highest BCUT2D eigenvalue weighted by molar-refractivity contribution is 6.02. The first-order chi connectivity index (χ1) is 14.8. The lowest BCUT2D eigenvalue weighted by Gasteiger charge is -2.35. The molecule has 3 aliphatic rings. The van der Waals surface area contributed by atoms with Crippen LogP contribution in [0, 0.1) is 5.41 Å². The van der Waals surface area contributed by atoms with Crippen molar-refractivity contribution in [3.8, 4) is 5.75 Å². The minimum atomic E-state index is -0.492. The third kappa shape index (κ3) is 3.01. The van der Waals surface area contributed by atoms with Gasteiger partial charge in [-0.3, -0.25) is 10.0 Å². The summed E-state index contributed by atoms with van der Waals surface area (Å²) in [7, 11) is 1.63. The molecule has 1 aromatic rings. The maximum absolute atomic E-state index is 13.2. The molecule has 0 N–H and O–H groups in total. The fraction of sp³-hybridized carbons (Fsp3) is 0.500. The number of esters is 2. The fourth-order valence-corrected chi connectivity index (χ4v) is 5.04. The van der Waals surface area contributed by atoms with Crippen molar-refractivity contribution in [3.63, 3.8) is 0 Å². The van der Waals surface area contributed by atoms with Gasteiger partial charge in [0, 0.05) is 17.5 Å². The molecule has 1 fully saturated rings. The number of nitrogens with zero attached hydrogens (tertiary/aromatic N) is 2. The van der Waals surface area contributed by atoms with Gasteiger partial charge in [0.05, 0.1) is 38.0 Å². The van der Waals surface area contributed by atoms with Crippen molar-refractivity contribution in [3.05, 3.63) is 52.4 Å². The third-order valence-corrected chi connectivity index (χ3v) is 6.74. The van der Waals surface area contributed by atoms with Crippen LogP contribution in [-0.4, -0.2) is 48.3 Å². The standard InChI is InChI=1S/C24H30N2O5/c1-7-30-22(27)19-20(23(28)31-8-2)25-18(15-9-11-16(29-6)12-10-15)13-17-14(3)24(4,5)21(19)26(17)25/h9-12,18,21H,7-8,13H2,1-6H3/t18-,21-/m1/s1. The van der Waals surface area contributed by atoms with Gasteiger partial charge in [-0.25, -0.2) is 9.59 Å². The number of carbonyl (C=O) groups excluding carboxylic acids is 2. The van der Waals surface area contributed by atoms with Gasteiger partial charge in [-0.05, 0) is 44.0 Å². The van der Waals surface area contributed by atoms with E-state index in [9.17, 15) is 9.59 Å². The van der Waals surface area contributed by atoms with Crippen molar-refractivity contribution in [2.75, 3.05) is 20.3 Å². The second-order valence-corrected chi connectivity index (χ2v) is 8.58. The van der Waals surface area contributed by atoms with Crippen molar-refractivity contribution in [2.24, 2.45) is 5.41 Å². The molecule has 0 radical (unpaired) electrons. The van der Waals surface area contributed by atoms with E-state index >= 15 is 0 Å². The van der Waals surface area contributed by atoms with Crippen LogP contribution in [0.2, 0.25) is 0 Å². The van der Waals surface area contributed by atoms with E-state index < -0.39 is 11.9 Å². The summed E-state index contributed by atoms with van der Waals surface area (Å²) in [6, 6.07) is 7.42. The van der Waals surface area contributed by atoms with Crippen LogP contribution >= 0.6 is 0 Å². The lowest BCUT2D eigenvalue weighted by Crippen LogP contribution is -2.42. The Kier molecular flexibility index (Phi) is 5.23. The van der Waals surface area contributed by atoms with E-state index in [1.54, 1.807) is 21.0 Å². The fourth-order valence-electron chi connectivity index (χ4n) is 5.04. The van der Waals surface area contributed by atoms with Gasteiger partial charge < -0.3 is 14.2 Å². The van der Waals surface area contributed by atoms with Crippen LogP contribution in [0.4, 0.5) is 0 Å². The van der Waals surface area contributed by atoms with Crippen LogP contribution in [-0.2, 0) is 19.1 Å². The Bertz CT molecular complexity index is 976. The summed E-state index contributed by atoms with van der Waals surface area (Å²) in [5, 5.41) is 4.09. The predicted octanol–water partition coefficient (Wildman–Crippen LogP) is 3.74. The molecule has 7 heteroatoms. The monoisotopic (exact) mass is 426 g/mol. The molecule has 7 nitrogen and oxygen atoms in total. The van der Waals surface area contributed by atoms with Crippen molar-refractivity contribution < 1.29 is 23.8 Å². The van der Waals surface area contributed by atoms with Gasteiger partial charge >= 0.3 is 11.9 Å². The van der Waals surface area contributed by atoms with Crippen molar-refractivity contribution in [1.82, 2.24) is 10.0 Å². The summed E-state index contributed by atoms with van der Waals surface area (Å²) in [6.07, 6.45) is 0.747. The Morgan fingerprint density at radius 3 is 2.23 bits per heavy atom. The number of carbonyl (C=O) groups is 2. The molecule has 3 aliphatic heterocycles. The lowest BCUT2D eigenvalue weighted by molar-refractivity contribution is -0.143. The van der Waals surface area contributed by atoms with E-state index in [-0.39, 0.29) is 30.7 Å². The van der Waals surface area contributed by atoms with E-state index in [0.29, 0.717) is 11.3 Å². The number of hydrogen-bond acceptors (Lipinski definition) is 7. The highest BCUT2D eigenvalue weighted by Gasteiger charge is 2.62. The molecule has 0 bridgehead atoms. The second kappa shape index (κ2) is 7.62. The van der Waals surface area contributed by atoms with Gasteiger partial charge in [-0.1, -0.05) is 26.0 Å². The molecule has 0 spiro atoms. The van der Waals surface area contributed by atoms with Gasteiger partial charge in [-0.2, -0.15) is 0 Å². The van der Waals surface area contributed by atoms with Gasteiger partial charge in [-0.15, -0.1) is 0 Å². The van der Waals surface area contributed by atoms with Crippen LogP contribution in [0.15, 0.2) is 46.8 Å². The second-order valence-electron chi connectivity index (χ2n) is 8.58. The van der Waals surface area contributed by atoms with Crippen molar-refractivity contribution in [2.45, 2.75) is 53.1 Å². The molecule has 0 aromatic heterocycles. The highest BCUT2D eigenvalue weighted by atomic mass is 16.5. The van der Waals surface area contributed by atoms with Gasteiger partial charge in [0.15, 0.2) is 5.70 Å². The summed E-state index contributed by atoms with van der Waals surface area (Å²) in [5.41, 5.74) is 3.77. The minimum absolute atomic E-state index is 0.124.